The maximum Gasteiger partial charge on any atom is 0.311 e. The number of nitrogens with zero attached hydrogens (tertiary/aromatic N) is 2. The van der Waals surface area contributed by atoms with Gasteiger partial charge >= 0.3 is 5.97 Å². The van der Waals surface area contributed by atoms with Crippen molar-refractivity contribution in [3.8, 4) is 0 Å². The lowest BCUT2D eigenvalue weighted by Gasteiger charge is -2.31. The van der Waals surface area contributed by atoms with Crippen molar-refractivity contribution < 1.29 is 14.7 Å². The first-order valence-corrected chi connectivity index (χ1v) is 8.76. The quantitative estimate of drug-likeness (QED) is 0.747. The molecule has 0 bridgehead atoms. The van der Waals surface area contributed by atoms with Gasteiger partial charge < -0.3 is 15.4 Å². The van der Waals surface area contributed by atoms with Crippen LogP contribution in [0.25, 0.3) is 11.2 Å². The summed E-state index contributed by atoms with van der Waals surface area (Å²) in [6, 6.07) is -0.401. The normalized spacial score (nSPS) is 19.0. The Hall–Kier alpha value is -2.44. The first kappa shape index (κ1) is 16.1. The number of nitrogens with one attached hydrogen (secondary N) is 2. The van der Waals surface area contributed by atoms with Crippen molar-refractivity contribution >= 4 is 23.0 Å². The van der Waals surface area contributed by atoms with Crippen molar-refractivity contribution in [2.45, 2.75) is 51.5 Å². The number of fused-ring (bicyclic) bond motifs is 1. The van der Waals surface area contributed by atoms with E-state index in [1.165, 1.54) is 0 Å². The molecule has 1 unspecified atom stereocenters. The third-order valence-electron chi connectivity index (χ3n) is 5.35. The van der Waals surface area contributed by atoms with Gasteiger partial charge in [-0.25, -0.2) is 9.97 Å². The van der Waals surface area contributed by atoms with Gasteiger partial charge in [0.15, 0.2) is 5.65 Å². The molecule has 0 aliphatic heterocycles. The molecular formula is C18H22N4O3. The van der Waals surface area contributed by atoms with Crippen LogP contribution in [-0.4, -0.2) is 38.0 Å². The Bertz CT molecular complexity index is 849. The SMILES string of the molecule is CC(C)(C(=O)O)C(NC(=O)c1c[nH]c2ncc(C3CC3)nc12)C1CC1. The summed E-state index contributed by atoms with van der Waals surface area (Å²) in [5.74, 6) is -0.527. The lowest BCUT2D eigenvalue weighted by atomic mass is 9.81. The van der Waals surface area contributed by atoms with Gasteiger partial charge in [-0.1, -0.05) is 0 Å². The second-order valence-corrected chi connectivity index (χ2v) is 7.78. The number of H-pyrrole nitrogens is 1. The average molecular weight is 342 g/mol. The van der Waals surface area contributed by atoms with E-state index in [1.54, 1.807) is 26.2 Å². The van der Waals surface area contributed by atoms with Crippen LogP contribution in [-0.2, 0) is 4.79 Å². The molecule has 2 aliphatic carbocycles. The summed E-state index contributed by atoms with van der Waals surface area (Å²) >= 11 is 0. The summed E-state index contributed by atoms with van der Waals surface area (Å²) < 4.78 is 0. The Morgan fingerprint density at radius 1 is 1.32 bits per heavy atom. The number of carboxylic acids is 1. The van der Waals surface area contributed by atoms with E-state index in [1.807, 2.05) is 0 Å². The summed E-state index contributed by atoms with van der Waals surface area (Å²) in [6.45, 7) is 3.33. The van der Waals surface area contributed by atoms with Crippen molar-refractivity contribution in [2.24, 2.45) is 11.3 Å². The van der Waals surface area contributed by atoms with Gasteiger partial charge in [0, 0.05) is 18.2 Å². The number of hydrogen-bond donors (Lipinski definition) is 3. The van der Waals surface area contributed by atoms with Crippen molar-refractivity contribution in [2.75, 3.05) is 0 Å². The molecule has 2 aromatic heterocycles. The minimum atomic E-state index is -1.02. The molecule has 0 radical (unpaired) electrons. The van der Waals surface area contributed by atoms with Gasteiger partial charge in [-0.05, 0) is 45.4 Å². The fourth-order valence-corrected chi connectivity index (χ4v) is 3.32. The molecule has 4 rings (SSSR count). The van der Waals surface area contributed by atoms with Crippen LogP contribution in [0.4, 0.5) is 0 Å². The number of rotatable bonds is 6. The number of aromatic nitrogens is 3. The van der Waals surface area contributed by atoms with Gasteiger partial charge in [0.25, 0.3) is 5.91 Å². The van der Waals surface area contributed by atoms with Crippen molar-refractivity contribution in [3.05, 3.63) is 23.7 Å². The number of carbonyl (C=O) groups is 2. The third kappa shape index (κ3) is 2.88. The minimum absolute atomic E-state index is 0.216. The zero-order chi connectivity index (χ0) is 17.8. The van der Waals surface area contributed by atoms with E-state index >= 15 is 0 Å². The lowest BCUT2D eigenvalue weighted by Crippen LogP contribution is -2.50. The van der Waals surface area contributed by atoms with Crippen LogP contribution in [0, 0.1) is 11.3 Å². The number of amides is 1. The van der Waals surface area contributed by atoms with E-state index in [9.17, 15) is 14.7 Å². The number of carboxylic acid groups (broad SMARTS) is 1. The van der Waals surface area contributed by atoms with Crippen LogP contribution in [0.1, 0.15) is 61.5 Å². The second kappa shape index (κ2) is 5.54. The van der Waals surface area contributed by atoms with Gasteiger partial charge in [-0.2, -0.15) is 0 Å². The molecule has 0 saturated heterocycles. The summed E-state index contributed by atoms with van der Waals surface area (Å²) in [4.78, 5) is 36.4. The molecule has 2 fully saturated rings. The highest BCUT2D eigenvalue weighted by Crippen LogP contribution is 2.41. The van der Waals surface area contributed by atoms with E-state index in [-0.39, 0.29) is 11.8 Å². The predicted molar refractivity (Wildman–Crippen MR) is 91.3 cm³/mol. The molecule has 132 valence electrons. The molecule has 7 heteroatoms. The number of hydrogen-bond acceptors (Lipinski definition) is 4. The highest BCUT2D eigenvalue weighted by molar-refractivity contribution is 6.04. The van der Waals surface area contributed by atoms with Gasteiger partial charge in [0.05, 0.1) is 22.9 Å². The monoisotopic (exact) mass is 342 g/mol. The van der Waals surface area contributed by atoms with E-state index in [0.29, 0.717) is 22.6 Å². The van der Waals surface area contributed by atoms with Gasteiger partial charge in [0.2, 0.25) is 0 Å². The summed E-state index contributed by atoms with van der Waals surface area (Å²) in [5.41, 5.74) is 1.47. The Labute approximate surface area is 145 Å². The fourth-order valence-electron chi connectivity index (χ4n) is 3.32. The smallest absolute Gasteiger partial charge is 0.311 e. The average Bonchev–Trinajstić information content (AvgIpc) is 3.48. The molecule has 7 nitrogen and oxygen atoms in total. The molecule has 1 amide bonds. The maximum absolute atomic E-state index is 12.8. The van der Waals surface area contributed by atoms with Crippen molar-refractivity contribution in [1.82, 2.24) is 20.3 Å². The predicted octanol–water partition coefficient (Wildman–Crippen LogP) is 2.45. The topological polar surface area (TPSA) is 108 Å². The van der Waals surface area contributed by atoms with Crippen LogP contribution < -0.4 is 5.32 Å². The molecule has 2 aliphatic rings. The van der Waals surface area contributed by atoms with Crippen molar-refractivity contribution in [3.63, 3.8) is 0 Å². The Kier molecular flexibility index (Phi) is 3.56. The van der Waals surface area contributed by atoms with E-state index in [4.69, 9.17) is 0 Å². The molecule has 2 heterocycles. The maximum atomic E-state index is 12.8. The largest absolute Gasteiger partial charge is 0.481 e. The lowest BCUT2D eigenvalue weighted by molar-refractivity contribution is -0.148. The summed E-state index contributed by atoms with van der Waals surface area (Å²) in [7, 11) is 0. The Balaban J connectivity index is 1.62. The van der Waals surface area contributed by atoms with Gasteiger partial charge in [0.1, 0.15) is 5.52 Å². The molecule has 0 spiro atoms. The summed E-state index contributed by atoms with van der Waals surface area (Å²) in [6.07, 6.45) is 7.49. The van der Waals surface area contributed by atoms with Gasteiger partial charge in [-0.3, -0.25) is 9.59 Å². The third-order valence-corrected chi connectivity index (χ3v) is 5.35. The fraction of sp³-hybridized carbons (Fsp3) is 0.556. The molecule has 2 aromatic rings. The first-order chi connectivity index (χ1) is 11.9. The van der Waals surface area contributed by atoms with Crippen LogP contribution in [0.3, 0.4) is 0 Å². The van der Waals surface area contributed by atoms with E-state index in [0.717, 1.165) is 31.4 Å². The standard InChI is InChI=1S/C18H22N4O3/c1-18(2,17(24)25)14(10-5-6-10)22-16(23)11-7-19-15-13(11)21-12(8-20-15)9-3-4-9/h7-10,14H,3-6H2,1-2H3,(H,19,20)(H,22,23)(H,24,25). The Morgan fingerprint density at radius 3 is 2.64 bits per heavy atom. The molecular weight excluding hydrogens is 320 g/mol. The molecule has 25 heavy (non-hydrogen) atoms. The first-order valence-electron chi connectivity index (χ1n) is 8.76. The summed E-state index contributed by atoms with van der Waals surface area (Å²) in [5, 5.41) is 12.5. The molecule has 2 saturated carbocycles. The van der Waals surface area contributed by atoms with E-state index < -0.39 is 17.4 Å². The molecule has 1 atom stereocenters. The highest BCUT2D eigenvalue weighted by atomic mass is 16.4. The second-order valence-electron chi connectivity index (χ2n) is 7.78. The molecule has 3 N–H and O–H groups in total. The number of aromatic amines is 1. The van der Waals surface area contributed by atoms with E-state index in [2.05, 4.69) is 20.3 Å². The highest BCUT2D eigenvalue weighted by Gasteiger charge is 2.46. The van der Waals surface area contributed by atoms with Crippen LogP contribution >= 0.6 is 0 Å². The van der Waals surface area contributed by atoms with Crippen LogP contribution in [0.2, 0.25) is 0 Å². The zero-order valence-electron chi connectivity index (χ0n) is 14.4. The molecule has 0 aromatic carbocycles. The number of carbonyl (C=O) groups excluding carboxylic acids is 1. The van der Waals surface area contributed by atoms with Crippen LogP contribution in [0.15, 0.2) is 12.4 Å². The minimum Gasteiger partial charge on any atom is -0.481 e. The van der Waals surface area contributed by atoms with Crippen LogP contribution in [0.5, 0.6) is 0 Å². The van der Waals surface area contributed by atoms with Crippen molar-refractivity contribution in [1.29, 1.82) is 0 Å². The van der Waals surface area contributed by atoms with Gasteiger partial charge in [-0.15, -0.1) is 0 Å². The number of aliphatic carboxylic acids is 1. The zero-order valence-corrected chi connectivity index (χ0v) is 14.4. The Morgan fingerprint density at radius 2 is 2.04 bits per heavy atom.